The lowest BCUT2D eigenvalue weighted by atomic mass is 9.85. The molecular formula is C10H19NO. The molecule has 0 aromatic rings. The van der Waals surface area contributed by atoms with E-state index in [1.165, 1.54) is 0 Å². The maximum Gasteiger partial charge on any atom is 0.222 e. The van der Waals surface area contributed by atoms with Gasteiger partial charge >= 0.3 is 0 Å². The third kappa shape index (κ3) is 2.23. The van der Waals surface area contributed by atoms with Crippen molar-refractivity contribution in [1.82, 2.24) is 4.90 Å². The standard InChI is InChI=1S/C10H19NO/c1-4-11-8-7-10(2,3)6-5-9(11)12/h4-8H2,1-3H3. The minimum atomic E-state index is 0.336. The van der Waals surface area contributed by atoms with Crippen molar-refractivity contribution in [3.63, 3.8) is 0 Å². The molecule has 0 N–H and O–H groups in total. The largest absolute Gasteiger partial charge is 0.343 e. The highest BCUT2D eigenvalue weighted by atomic mass is 16.2. The first-order valence-electron chi connectivity index (χ1n) is 4.83. The molecule has 0 atom stereocenters. The molecule has 0 saturated carbocycles. The van der Waals surface area contributed by atoms with Gasteiger partial charge in [-0.1, -0.05) is 13.8 Å². The Morgan fingerprint density at radius 1 is 1.42 bits per heavy atom. The Morgan fingerprint density at radius 3 is 2.67 bits per heavy atom. The van der Waals surface area contributed by atoms with Crippen LogP contribution in [0, 0.1) is 5.41 Å². The number of amides is 1. The molecule has 1 saturated heterocycles. The molecule has 1 heterocycles. The van der Waals surface area contributed by atoms with Crippen molar-refractivity contribution in [3.05, 3.63) is 0 Å². The quantitative estimate of drug-likeness (QED) is 0.588. The first-order valence-corrected chi connectivity index (χ1v) is 4.83. The molecule has 0 radical (unpaired) electrons. The van der Waals surface area contributed by atoms with Crippen molar-refractivity contribution in [2.75, 3.05) is 13.1 Å². The summed E-state index contributed by atoms with van der Waals surface area (Å²) in [6.07, 6.45) is 2.93. The predicted molar refractivity (Wildman–Crippen MR) is 49.9 cm³/mol. The molecule has 1 fully saturated rings. The smallest absolute Gasteiger partial charge is 0.222 e. The van der Waals surface area contributed by atoms with Gasteiger partial charge in [-0.2, -0.15) is 0 Å². The number of hydrogen-bond donors (Lipinski definition) is 0. The van der Waals surface area contributed by atoms with Gasteiger partial charge in [0.25, 0.3) is 0 Å². The van der Waals surface area contributed by atoms with E-state index in [9.17, 15) is 4.79 Å². The van der Waals surface area contributed by atoms with E-state index >= 15 is 0 Å². The van der Waals surface area contributed by atoms with Gasteiger partial charge in [0.05, 0.1) is 0 Å². The van der Waals surface area contributed by atoms with Gasteiger partial charge in [-0.05, 0) is 25.2 Å². The number of carbonyl (C=O) groups excluding carboxylic acids is 1. The van der Waals surface area contributed by atoms with Gasteiger partial charge in [0.15, 0.2) is 0 Å². The van der Waals surface area contributed by atoms with E-state index in [-0.39, 0.29) is 0 Å². The summed E-state index contributed by atoms with van der Waals surface area (Å²) in [7, 11) is 0. The zero-order valence-corrected chi connectivity index (χ0v) is 8.39. The van der Waals surface area contributed by atoms with Crippen LogP contribution in [0.1, 0.15) is 40.0 Å². The molecule has 0 aromatic carbocycles. The monoisotopic (exact) mass is 169 g/mol. The molecule has 0 aliphatic carbocycles. The Hall–Kier alpha value is -0.530. The lowest BCUT2D eigenvalue weighted by Crippen LogP contribution is -2.30. The highest BCUT2D eigenvalue weighted by molar-refractivity contribution is 5.76. The van der Waals surface area contributed by atoms with Crippen molar-refractivity contribution >= 4 is 5.91 Å². The third-order valence-electron chi connectivity index (χ3n) is 2.81. The van der Waals surface area contributed by atoms with Gasteiger partial charge in [0.2, 0.25) is 5.91 Å². The topological polar surface area (TPSA) is 20.3 Å². The molecule has 0 bridgehead atoms. The van der Waals surface area contributed by atoms with Crippen LogP contribution >= 0.6 is 0 Å². The van der Waals surface area contributed by atoms with Crippen LogP contribution in [-0.4, -0.2) is 23.9 Å². The first kappa shape index (κ1) is 9.56. The summed E-state index contributed by atoms with van der Waals surface area (Å²) < 4.78 is 0. The lowest BCUT2D eigenvalue weighted by molar-refractivity contribution is -0.130. The summed E-state index contributed by atoms with van der Waals surface area (Å²) >= 11 is 0. The zero-order chi connectivity index (χ0) is 9.19. The number of nitrogens with zero attached hydrogens (tertiary/aromatic N) is 1. The van der Waals surface area contributed by atoms with Crippen molar-refractivity contribution in [2.45, 2.75) is 40.0 Å². The second kappa shape index (κ2) is 3.46. The summed E-state index contributed by atoms with van der Waals surface area (Å²) in [5.74, 6) is 0.336. The van der Waals surface area contributed by atoms with Gasteiger partial charge in [0.1, 0.15) is 0 Å². The van der Waals surface area contributed by atoms with E-state index in [0.717, 1.165) is 32.4 Å². The van der Waals surface area contributed by atoms with Crippen LogP contribution < -0.4 is 0 Å². The highest BCUT2D eigenvalue weighted by Gasteiger charge is 2.26. The summed E-state index contributed by atoms with van der Waals surface area (Å²) in [5.41, 5.74) is 0.361. The van der Waals surface area contributed by atoms with Crippen LogP contribution in [0.4, 0.5) is 0 Å². The van der Waals surface area contributed by atoms with E-state index < -0.39 is 0 Å². The molecule has 0 aromatic heterocycles. The number of hydrogen-bond acceptors (Lipinski definition) is 1. The summed E-state index contributed by atoms with van der Waals surface area (Å²) in [6, 6.07) is 0. The van der Waals surface area contributed by atoms with E-state index in [1.807, 2.05) is 4.90 Å². The molecule has 12 heavy (non-hydrogen) atoms. The lowest BCUT2D eigenvalue weighted by Gasteiger charge is -2.22. The Morgan fingerprint density at radius 2 is 2.08 bits per heavy atom. The fourth-order valence-corrected chi connectivity index (χ4v) is 1.63. The maximum atomic E-state index is 11.5. The molecule has 70 valence electrons. The fraction of sp³-hybridized carbons (Fsp3) is 0.900. The minimum Gasteiger partial charge on any atom is -0.343 e. The van der Waals surface area contributed by atoms with Crippen LogP contribution in [-0.2, 0) is 4.79 Å². The second-order valence-electron chi connectivity index (χ2n) is 4.39. The number of likely N-dealkylation sites (tertiary alicyclic amines) is 1. The number of carbonyl (C=O) groups is 1. The highest BCUT2D eigenvalue weighted by Crippen LogP contribution is 2.29. The minimum absolute atomic E-state index is 0.336. The summed E-state index contributed by atoms with van der Waals surface area (Å²) in [5, 5.41) is 0. The summed E-state index contributed by atoms with van der Waals surface area (Å²) in [4.78, 5) is 13.4. The fourth-order valence-electron chi connectivity index (χ4n) is 1.63. The van der Waals surface area contributed by atoms with Gasteiger partial charge in [-0.3, -0.25) is 4.79 Å². The molecular weight excluding hydrogens is 150 g/mol. The molecule has 2 nitrogen and oxygen atoms in total. The van der Waals surface area contributed by atoms with Gasteiger partial charge in [-0.15, -0.1) is 0 Å². The first-order chi connectivity index (χ1) is 5.55. The predicted octanol–water partition coefficient (Wildman–Crippen LogP) is 2.04. The molecule has 0 unspecified atom stereocenters. The zero-order valence-electron chi connectivity index (χ0n) is 8.39. The number of rotatable bonds is 1. The van der Waals surface area contributed by atoms with E-state index in [1.54, 1.807) is 0 Å². The van der Waals surface area contributed by atoms with Crippen LogP contribution in [0.25, 0.3) is 0 Å². The van der Waals surface area contributed by atoms with Crippen LogP contribution in [0.2, 0.25) is 0 Å². The summed E-state index contributed by atoms with van der Waals surface area (Å²) in [6.45, 7) is 8.37. The molecule has 2 heteroatoms. The van der Waals surface area contributed by atoms with Crippen LogP contribution in [0.15, 0.2) is 0 Å². The molecule has 1 amide bonds. The average molecular weight is 169 g/mol. The molecule has 1 rings (SSSR count). The van der Waals surface area contributed by atoms with Crippen molar-refractivity contribution in [1.29, 1.82) is 0 Å². The maximum absolute atomic E-state index is 11.5. The molecule has 0 spiro atoms. The van der Waals surface area contributed by atoms with E-state index in [2.05, 4.69) is 20.8 Å². The molecule has 1 aliphatic heterocycles. The Kier molecular flexibility index (Phi) is 2.76. The van der Waals surface area contributed by atoms with E-state index in [4.69, 9.17) is 0 Å². The van der Waals surface area contributed by atoms with Crippen molar-refractivity contribution < 1.29 is 4.79 Å². The Balaban J connectivity index is 2.59. The van der Waals surface area contributed by atoms with Crippen LogP contribution in [0.3, 0.4) is 0 Å². The van der Waals surface area contributed by atoms with Gasteiger partial charge in [0, 0.05) is 19.5 Å². The Labute approximate surface area is 74.9 Å². The van der Waals surface area contributed by atoms with E-state index in [0.29, 0.717) is 11.3 Å². The van der Waals surface area contributed by atoms with Gasteiger partial charge < -0.3 is 4.90 Å². The van der Waals surface area contributed by atoms with Gasteiger partial charge in [-0.25, -0.2) is 0 Å². The third-order valence-corrected chi connectivity index (χ3v) is 2.81. The van der Waals surface area contributed by atoms with Crippen LogP contribution in [0.5, 0.6) is 0 Å². The SMILES string of the molecule is CCN1CCC(C)(C)CCC1=O. The molecule has 1 aliphatic rings. The normalized spacial score (nSPS) is 23.9. The average Bonchev–Trinajstić information content (AvgIpc) is 2.13. The van der Waals surface area contributed by atoms with Crippen molar-refractivity contribution in [2.24, 2.45) is 5.41 Å². The second-order valence-corrected chi connectivity index (χ2v) is 4.39. The van der Waals surface area contributed by atoms with Crippen molar-refractivity contribution in [3.8, 4) is 0 Å². The Bertz CT molecular complexity index is 175.